The quantitative estimate of drug-likeness (QED) is 0.544. The molecule has 2 aromatic heterocycles. The summed E-state index contributed by atoms with van der Waals surface area (Å²) in [6.07, 6.45) is 0.0711. The Bertz CT molecular complexity index is 753. The van der Waals surface area contributed by atoms with Crippen molar-refractivity contribution in [1.29, 1.82) is 0 Å². The molecule has 7 nitrogen and oxygen atoms in total. The Hall–Kier alpha value is -1.60. The molecule has 1 aliphatic rings. The van der Waals surface area contributed by atoms with Crippen LogP contribution in [0.1, 0.15) is 0 Å². The van der Waals surface area contributed by atoms with Gasteiger partial charge in [-0.15, -0.1) is 0 Å². The van der Waals surface area contributed by atoms with E-state index in [1.807, 2.05) is 0 Å². The number of ether oxygens (including phenoxy) is 1. The van der Waals surface area contributed by atoms with Crippen molar-refractivity contribution in [1.82, 2.24) is 18.7 Å². The lowest BCUT2D eigenvalue weighted by molar-refractivity contribution is 0.385. The van der Waals surface area contributed by atoms with Crippen LogP contribution in [0, 0.1) is 0 Å². The molecule has 8 heteroatoms. The second-order valence-corrected chi connectivity index (χ2v) is 4.66. The van der Waals surface area contributed by atoms with Gasteiger partial charge in [-0.1, -0.05) is 0 Å². The maximum absolute atomic E-state index is 12.1. The molecule has 18 heavy (non-hydrogen) atoms. The van der Waals surface area contributed by atoms with Crippen molar-refractivity contribution in [2.75, 3.05) is 6.61 Å². The topological polar surface area (TPSA) is 74.3 Å². The number of rotatable bonds is 2. The summed E-state index contributed by atoms with van der Waals surface area (Å²) in [4.78, 5) is 28.0. The normalized spacial score (nSPS) is 18.5. The number of hydrogen-bond donors (Lipinski definition) is 0. The van der Waals surface area contributed by atoms with E-state index in [1.165, 1.54) is 11.6 Å². The molecule has 0 aliphatic carbocycles. The van der Waals surface area contributed by atoms with Crippen LogP contribution in [-0.2, 0) is 25.4 Å². The fourth-order valence-corrected chi connectivity index (χ4v) is 2.20. The molecular weight excluding hydrogens is 260 g/mol. The molecule has 0 amide bonds. The molecule has 1 aliphatic heterocycles. The Kier molecular flexibility index (Phi) is 2.36. The van der Waals surface area contributed by atoms with Gasteiger partial charge in [-0.2, -0.15) is 4.98 Å². The molecule has 96 valence electrons. The zero-order valence-electron chi connectivity index (χ0n) is 9.88. The maximum atomic E-state index is 12.1. The summed E-state index contributed by atoms with van der Waals surface area (Å²) in [6, 6.07) is 0. The predicted molar refractivity (Wildman–Crippen MR) is 65.0 cm³/mol. The summed E-state index contributed by atoms with van der Waals surface area (Å²) in [5, 5.41) is 0.193. The number of imidazole rings is 1. The Balaban J connectivity index is 2.40. The van der Waals surface area contributed by atoms with E-state index in [0.29, 0.717) is 24.3 Å². The average Bonchev–Trinajstić information content (AvgIpc) is 3.09. The van der Waals surface area contributed by atoms with Gasteiger partial charge in [-0.05, 0) is 11.6 Å². The van der Waals surface area contributed by atoms with Crippen molar-refractivity contribution < 1.29 is 4.74 Å². The standard InChI is InChI=1S/C10H11ClN4O3/c1-13-7-6(8(16)14(2)10(13)17)15(9(11)12-7)3-5-4-18-5/h5H,3-4H2,1-2H3. The molecule has 0 radical (unpaired) electrons. The average molecular weight is 271 g/mol. The third-order valence-electron chi connectivity index (χ3n) is 3.09. The van der Waals surface area contributed by atoms with Crippen molar-refractivity contribution >= 4 is 22.8 Å². The highest BCUT2D eigenvalue weighted by atomic mass is 35.5. The Morgan fingerprint density at radius 1 is 1.39 bits per heavy atom. The number of halogens is 1. The van der Waals surface area contributed by atoms with E-state index in [2.05, 4.69) is 4.98 Å². The van der Waals surface area contributed by atoms with Crippen molar-refractivity contribution in [2.24, 2.45) is 14.1 Å². The van der Waals surface area contributed by atoms with Gasteiger partial charge in [0.25, 0.3) is 5.56 Å². The number of hydrogen-bond acceptors (Lipinski definition) is 4. The summed E-state index contributed by atoms with van der Waals surface area (Å²) in [5.74, 6) is 0. The van der Waals surface area contributed by atoms with Crippen molar-refractivity contribution in [3.8, 4) is 0 Å². The van der Waals surface area contributed by atoms with E-state index in [-0.39, 0.29) is 11.4 Å². The largest absolute Gasteiger partial charge is 0.371 e. The first-order valence-corrected chi connectivity index (χ1v) is 5.82. The Morgan fingerprint density at radius 2 is 2.06 bits per heavy atom. The van der Waals surface area contributed by atoms with E-state index >= 15 is 0 Å². The molecule has 0 bridgehead atoms. The first kappa shape index (κ1) is 11.5. The third-order valence-corrected chi connectivity index (χ3v) is 3.38. The van der Waals surface area contributed by atoms with Crippen LogP contribution in [0.4, 0.5) is 0 Å². The minimum absolute atomic E-state index is 0.0711. The first-order valence-electron chi connectivity index (χ1n) is 5.44. The van der Waals surface area contributed by atoms with Crippen LogP contribution in [0.2, 0.25) is 5.28 Å². The maximum Gasteiger partial charge on any atom is 0.332 e. The summed E-state index contributed by atoms with van der Waals surface area (Å²) in [6.45, 7) is 1.13. The highest BCUT2D eigenvalue weighted by Gasteiger charge is 2.27. The van der Waals surface area contributed by atoms with Gasteiger partial charge >= 0.3 is 5.69 Å². The van der Waals surface area contributed by atoms with Gasteiger partial charge < -0.3 is 9.30 Å². The Morgan fingerprint density at radius 3 is 2.67 bits per heavy atom. The molecule has 0 saturated carbocycles. The molecule has 1 saturated heterocycles. The van der Waals surface area contributed by atoms with Gasteiger partial charge in [0.05, 0.1) is 19.3 Å². The second kappa shape index (κ2) is 3.69. The van der Waals surface area contributed by atoms with Crippen molar-refractivity contribution in [2.45, 2.75) is 12.6 Å². The van der Waals surface area contributed by atoms with Gasteiger partial charge in [0, 0.05) is 14.1 Å². The van der Waals surface area contributed by atoms with Crippen LogP contribution in [0.15, 0.2) is 9.59 Å². The SMILES string of the molecule is Cn1c(=O)c2c(nc(Cl)n2CC2CO2)n(C)c1=O. The monoisotopic (exact) mass is 270 g/mol. The summed E-state index contributed by atoms with van der Waals surface area (Å²) in [5.41, 5.74) is -0.182. The minimum Gasteiger partial charge on any atom is -0.371 e. The summed E-state index contributed by atoms with van der Waals surface area (Å²) < 4.78 is 9.08. The number of nitrogens with zero attached hydrogens (tertiary/aromatic N) is 4. The lowest BCUT2D eigenvalue weighted by Crippen LogP contribution is -2.37. The lowest BCUT2D eigenvalue weighted by Gasteiger charge is -2.05. The van der Waals surface area contributed by atoms with Crippen molar-refractivity contribution in [3.05, 3.63) is 26.1 Å². The van der Waals surface area contributed by atoms with Crippen LogP contribution in [-0.4, -0.2) is 31.4 Å². The molecule has 1 fully saturated rings. The number of fused-ring (bicyclic) bond motifs is 1. The van der Waals surface area contributed by atoms with E-state index in [9.17, 15) is 9.59 Å². The van der Waals surface area contributed by atoms with Crippen LogP contribution >= 0.6 is 11.6 Å². The number of aryl methyl sites for hydroxylation is 1. The van der Waals surface area contributed by atoms with Gasteiger partial charge in [0.15, 0.2) is 11.2 Å². The van der Waals surface area contributed by atoms with Crippen LogP contribution in [0.5, 0.6) is 0 Å². The third kappa shape index (κ3) is 1.51. The van der Waals surface area contributed by atoms with E-state index in [4.69, 9.17) is 16.3 Å². The zero-order chi connectivity index (χ0) is 13.0. The van der Waals surface area contributed by atoms with Gasteiger partial charge in [-0.3, -0.25) is 13.9 Å². The molecule has 3 rings (SSSR count). The number of epoxide rings is 1. The zero-order valence-corrected chi connectivity index (χ0v) is 10.6. The fraction of sp³-hybridized carbons (Fsp3) is 0.500. The molecule has 0 aromatic carbocycles. The fourth-order valence-electron chi connectivity index (χ4n) is 1.96. The lowest BCUT2D eigenvalue weighted by atomic mass is 10.4. The first-order chi connectivity index (χ1) is 8.50. The molecule has 0 N–H and O–H groups in total. The molecule has 2 aromatic rings. The molecule has 1 unspecified atom stereocenters. The van der Waals surface area contributed by atoms with Crippen LogP contribution in [0.25, 0.3) is 11.2 Å². The molecule has 1 atom stereocenters. The second-order valence-electron chi connectivity index (χ2n) is 4.32. The highest BCUT2D eigenvalue weighted by molar-refractivity contribution is 6.29. The van der Waals surface area contributed by atoms with Crippen LogP contribution < -0.4 is 11.2 Å². The predicted octanol–water partition coefficient (Wildman–Crippen LogP) is -0.514. The highest BCUT2D eigenvalue weighted by Crippen LogP contribution is 2.20. The van der Waals surface area contributed by atoms with E-state index < -0.39 is 11.2 Å². The van der Waals surface area contributed by atoms with E-state index in [1.54, 1.807) is 11.6 Å². The van der Waals surface area contributed by atoms with Gasteiger partial charge in [0.1, 0.15) is 0 Å². The number of aromatic nitrogens is 4. The summed E-state index contributed by atoms with van der Waals surface area (Å²) in [7, 11) is 2.99. The molecular formula is C10H11ClN4O3. The molecule has 3 heterocycles. The van der Waals surface area contributed by atoms with Gasteiger partial charge in [0.2, 0.25) is 5.28 Å². The smallest absolute Gasteiger partial charge is 0.332 e. The van der Waals surface area contributed by atoms with Gasteiger partial charge in [-0.25, -0.2) is 4.79 Å². The van der Waals surface area contributed by atoms with E-state index in [0.717, 1.165) is 4.57 Å². The minimum atomic E-state index is -0.420. The molecule has 0 spiro atoms. The van der Waals surface area contributed by atoms with Crippen LogP contribution in [0.3, 0.4) is 0 Å². The summed E-state index contributed by atoms with van der Waals surface area (Å²) >= 11 is 6.02. The Labute approximate surface area is 106 Å². The van der Waals surface area contributed by atoms with Crippen molar-refractivity contribution in [3.63, 3.8) is 0 Å².